The van der Waals surface area contributed by atoms with Crippen LogP contribution in [0.3, 0.4) is 0 Å². The van der Waals surface area contributed by atoms with Crippen molar-refractivity contribution < 1.29 is 9.53 Å². The molecule has 1 saturated heterocycles. The van der Waals surface area contributed by atoms with E-state index in [9.17, 15) is 4.79 Å². The maximum absolute atomic E-state index is 11.0. The normalized spacial score (nSPS) is 27.7. The van der Waals surface area contributed by atoms with E-state index < -0.39 is 0 Å². The molecule has 0 bridgehead atoms. The van der Waals surface area contributed by atoms with Crippen molar-refractivity contribution >= 4 is 5.91 Å². The van der Waals surface area contributed by atoms with Crippen molar-refractivity contribution in [2.24, 2.45) is 11.7 Å². The van der Waals surface area contributed by atoms with Crippen LogP contribution in [-0.4, -0.2) is 22.5 Å². The zero-order valence-corrected chi connectivity index (χ0v) is 7.06. The highest BCUT2D eigenvalue weighted by Crippen LogP contribution is 2.31. The lowest BCUT2D eigenvalue weighted by Crippen LogP contribution is -2.26. The molecule has 0 spiro atoms. The first-order valence-electron chi connectivity index (χ1n) is 4.19. The van der Waals surface area contributed by atoms with E-state index in [2.05, 4.69) is 9.97 Å². The van der Waals surface area contributed by atoms with E-state index in [0.29, 0.717) is 18.9 Å². The number of carbonyl (C=O) groups excluding carboxylic acids is 1. The Morgan fingerprint density at radius 3 is 3.23 bits per heavy atom. The Balaban J connectivity index is 2.19. The van der Waals surface area contributed by atoms with Crippen molar-refractivity contribution in [2.75, 3.05) is 6.61 Å². The van der Waals surface area contributed by atoms with Crippen LogP contribution in [0.25, 0.3) is 0 Å². The molecule has 13 heavy (non-hydrogen) atoms. The molecule has 5 heteroatoms. The molecular weight excluding hydrogens is 170 g/mol. The number of hydrogen-bond donors (Lipinski definition) is 2. The molecule has 1 aromatic heterocycles. The second kappa shape index (κ2) is 3.18. The molecule has 2 atom stereocenters. The topological polar surface area (TPSA) is 81.0 Å². The molecule has 1 amide bonds. The first-order valence-corrected chi connectivity index (χ1v) is 4.19. The van der Waals surface area contributed by atoms with Gasteiger partial charge in [0.1, 0.15) is 11.9 Å². The van der Waals surface area contributed by atoms with Crippen LogP contribution in [0.1, 0.15) is 18.3 Å². The van der Waals surface area contributed by atoms with E-state index in [-0.39, 0.29) is 17.9 Å². The number of primary amides is 1. The van der Waals surface area contributed by atoms with Crippen LogP contribution in [0.5, 0.6) is 0 Å². The second-order valence-electron chi connectivity index (χ2n) is 3.06. The number of aromatic amines is 1. The molecule has 1 aliphatic heterocycles. The Morgan fingerprint density at radius 1 is 1.77 bits per heavy atom. The van der Waals surface area contributed by atoms with Gasteiger partial charge in [-0.15, -0.1) is 0 Å². The largest absolute Gasteiger partial charge is 0.369 e. The average Bonchev–Trinajstić information content (AvgIpc) is 2.74. The number of aromatic nitrogens is 2. The summed E-state index contributed by atoms with van der Waals surface area (Å²) in [5, 5.41) is 0. The standard InChI is InChI=1S/C8H11N3O2/c9-7(12)5-1-4-13-6(5)8-10-2-3-11-8/h2-3,5-6H,1,4H2,(H2,9,12)(H,10,11). The number of carbonyl (C=O) groups is 1. The summed E-state index contributed by atoms with van der Waals surface area (Å²) in [7, 11) is 0. The van der Waals surface area contributed by atoms with Gasteiger partial charge in [0.15, 0.2) is 0 Å². The van der Waals surface area contributed by atoms with Gasteiger partial charge in [-0.25, -0.2) is 4.98 Å². The molecule has 0 aliphatic carbocycles. The number of nitrogens with two attached hydrogens (primary N) is 1. The van der Waals surface area contributed by atoms with Crippen LogP contribution in [0.2, 0.25) is 0 Å². The van der Waals surface area contributed by atoms with Crippen molar-refractivity contribution in [3.8, 4) is 0 Å². The number of H-pyrrole nitrogens is 1. The highest BCUT2D eigenvalue weighted by Gasteiger charge is 2.35. The molecule has 2 unspecified atom stereocenters. The molecular formula is C8H11N3O2. The van der Waals surface area contributed by atoms with Gasteiger partial charge in [0, 0.05) is 19.0 Å². The van der Waals surface area contributed by atoms with Crippen molar-refractivity contribution in [3.63, 3.8) is 0 Å². The Hall–Kier alpha value is -1.36. The molecule has 1 aromatic rings. The molecule has 70 valence electrons. The number of rotatable bonds is 2. The SMILES string of the molecule is NC(=O)C1CCOC1c1ncc[nH]1. The predicted molar refractivity (Wildman–Crippen MR) is 44.6 cm³/mol. The third kappa shape index (κ3) is 1.42. The smallest absolute Gasteiger partial charge is 0.223 e. The second-order valence-corrected chi connectivity index (χ2v) is 3.06. The number of ether oxygens (including phenoxy) is 1. The number of nitrogens with one attached hydrogen (secondary N) is 1. The molecule has 1 aliphatic rings. The molecule has 5 nitrogen and oxygen atoms in total. The molecule has 0 aromatic carbocycles. The summed E-state index contributed by atoms with van der Waals surface area (Å²) in [6.07, 6.45) is 3.73. The van der Waals surface area contributed by atoms with E-state index in [1.54, 1.807) is 12.4 Å². The Labute approximate surface area is 75.3 Å². The molecule has 0 radical (unpaired) electrons. The van der Waals surface area contributed by atoms with Gasteiger partial charge in [-0.05, 0) is 6.42 Å². The third-order valence-corrected chi connectivity index (χ3v) is 2.25. The van der Waals surface area contributed by atoms with Crippen LogP contribution >= 0.6 is 0 Å². The molecule has 2 rings (SSSR count). The molecule has 3 N–H and O–H groups in total. The zero-order chi connectivity index (χ0) is 9.26. The summed E-state index contributed by atoms with van der Waals surface area (Å²) >= 11 is 0. The lowest BCUT2D eigenvalue weighted by molar-refractivity contribution is -0.123. The van der Waals surface area contributed by atoms with Crippen LogP contribution in [0.15, 0.2) is 12.4 Å². The fourth-order valence-electron chi connectivity index (χ4n) is 1.58. The zero-order valence-electron chi connectivity index (χ0n) is 7.06. The number of amides is 1. The van der Waals surface area contributed by atoms with E-state index in [1.165, 1.54) is 0 Å². The fourth-order valence-corrected chi connectivity index (χ4v) is 1.58. The quantitative estimate of drug-likeness (QED) is 0.672. The van der Waals surface area contributed by atoms with E-state index in [1.807, 2.05) is 0 Å². The maximum Gasteiger partial charge on any atom is 0.223 e. The van der Waals surface area contributed by atoms with Gasteiger partial charge in [0.2, 0.25) is 5.91 Å². The van der Waals surface area contributed by atoms with Gasteiger partial charge < -0.3 is 15.5 Å². The first-order chi connectivity index (χ1) is 6.29. The number of hydrogen-bond acceptors (Lipinski definition) is 3. The summed E-state index contributed by atoms with van der Waals surface area (Å²) in [4.78, 5) is 18.0. The monoisotopic (exact) mass is 181 g/mol. The van der Waals surface area contributed by atoms with Crippen molar-refractivity contribution in [1.82, 2.24) is 9.97 Å². The van der Waals surface area contributed by atoms with Gasteiger partial charge in [-0.2, -0.15) is 0 Å². The van der Waals surface area contributed by atoms with Gasteiger partial charge in [-0.3, -0.25) is 4.79 Å². The highest BCUT2D eigenvalue weighted by atomic mass is 16.5. The van der Waals surface area contributed by atoms with Crippen LogP contribution in [0, 0.1) is 5.92 Å². The minimum atomic E-state index is -0.320. The summed E-state index contributed by atoms with van der Waals surface area (Å²) in [6.45, 7) is 0.568. The lowest BCUT2D eigenvalue weighted by Gasteiger charge is -2.12. The summed E-state index contributed by atoms with van der Waals surface area (Å²) in [6, 6.07) is 0. The Morgan fingerprint density at radius 2 is 2.62 bits per heavy atom. The van der Waals surface area contributed by atoms with Crippen molar-refractivity contribution in [1.29, 1.82) is 0 Å². The molecule has 0 saturated carbocycles. The highest BCUT2D eigenvalue weighted by molar-refractivity contribution is 5.77. The van der Waals surface area contributed by atoms with Gasteiger partial charge in [-0.1, -0.05) is 0 Å². The summed E-state index contributed by atoms with van der Waals surface area (Å²) in [5.74, 6) is 0.117. The fraction of sp³-hybridized carbons (Fsp3) is 0.500. The minimum absolute atomic E-state index is 0.244. The number of imidazole rings is 1. The van der Waals surface area contributed by atoms with Crippen LogP contribution in [-0.2, 0) is 9.53 Å². The number of nitrogens with zero attached hydrogens (tertiary/aromatic N) is 1. The van der Waals surface area contributed by atoms with Crippen molar-refractivity contribution in [2.45, 2.75) is 12.5 Å². The first kappa shape index (κ1) is 8.25. The summed E-state index contributed by atoms with van der Waals surface area (Å²) in [5.41, 5.74) is 5.23. The Kier molecular flexibility index (Phi) is 2.02. The van der Waals surface area contributed by atoms with Gasteiger partial charge >= 0.3 is 0 Å². The van der Waals surface area contributed by atoms with Crippen molar-refractivity contribution in [3.05, 3.63) is 18.2 Å². The maximum atomic E-state index is 11.0. The van der Waals surface area contributed by atoms with Gasteiger partial charge in [0.05, 0.1) is 5.92 Å². The van der Waals surface area contributed by atoms with E-state index in [0.717, 1.165) is 0 Å². The average molecular weight is 181 g/mol. The molecule has 2 heterocycles. The third-order valence-electron chi connectivity index (χ3n) is 2.25. The minimum Gasteiger partial charge on any atom is -0.369 e. The van der Waals surface area contributed by atoms with E-state index in [4.69, 9.17) is 10.5 Å². The molecule has 1 fully saturated rings. The van der Waals surface area contributed by atoms with Crippen LogP contribution < -0.4 is 5.73 Å². The van der Waals surface area contributed by atoms with Crippen LogP contribution in [0.4, 0.5) is 0 Å². The van der Waals surface area contributed by atoms with E-state index >= 15 is 0 Å². The lowest BCUT2D eigenvalue weighted by atomic mass is 10.0. The van der Waals surface area contributed by atoms with Gasteiger partial charge in [0.25, 0.3) is 0 Å². The predicted octanol–water partition coefficient (Wildman–Crippen LogP) is -0.0274. The summed E-state index contributed by atoms with van der Waals surface area (Å²) < 4.78 is 5.38. The Bertz CT molecular complexity index is 296.